The number of thiazole rings is 1. The molecule has 0 spiro atoms. The van der Waals surface area contributed by atoms with Crippen LogP contribution >= 0.6 is 22.9 Å². The summed E-state index contributed by atoms with van der Waals surface area (Å²) >= 11 is 7.02. The van der Waals surface area contributed by atoms with E-state index in [2.05, 4.69) is 5.32 Å². The van der Waals surface area contributed by atoms with Crippen LogP contribution in [0.3, 0.4) is 0 Å². The lowest BCUT2D eigenvalue weighted by Gasteiger charge is -2.23. The van der Waals surface area contributed by atoms with Crippen LogP contribution in [0.25, 0.3) is 0 Å². The quantitative estimate of drug-likeness (QED) is 0.908. The first-order valence-electron chi connectivity index (χ1n) is 7.08. The van der Waals surface area contributed by atoms with E-state index in [0.717, 1.165) is 22.6 Å². The molecule has 22 heavy (non-hydrogen) atoms. The summed E-state index contributed by atoms with van der Waals surface area (Å²) in [4.78, 5) is 23.9. The number of benzene rings is 1. The number of hydrogen-bond donors (Lipinski definition) is 1. The Labute approximate surface area is 138 Å². The Morgan fingerprint density at radius 2 is 1.95 bits per heavy atom. The van der Waals surface area contributed by atoms with Crippen LogP contribution in [0.15, 0.2) is 34.4 Å². The largest absolute Gasteiger partial charge is 0.347 e. The number of carbonyl (C=O) groups excluding carboxylic acids is 1. The Morgan fingerprint density at radius 3 is 2.45 bits per heavy atom. The van der Waals surface area contributed by atoms with Crippen LogP contribution < -0.4 is 10.2 Å². The van der Waals surface area contributed by atoms with Gasteiger partial charge in [-0.15, -0.1) is 0 Å². The molecule has 1 aromatic heterocycles. The van der Waals surface area contributed by atoms with Crippen molar-refractivity contribution in [1.82, 2.24) is 9.88 Å². The predicted molar refractivity (Wildman–Crippen MR) is 90.5 cm³/mol. The minimum Gasteiger partial charge on any atom is -0.347 e. The lowest BCUT2D eigenvalue weighted by atomic mass is 9.96. The molecule has 0 bridgehead atoms. The number of hydrogen-bond acceptors (Lipinski definition) is 3. The van der Waals surface area contributed by atoms with Crippen molar-refractivity contribution in [2.75, 3.05) is 0 Å². The molecule has 6 heteroatoms. The van der Waals surface area contributed by atoms with Crippen LogP contribution in [0, 0.1) is 12.8 Å². The lowest BCUT2D eigenvalue weighted by Crippen LogP contribution is -2.36. The van der Waals surface area contributed by atoms with Crippen LogP contribution in [0.1, 0.15) is 31.1 Å². The zero-order valence-electron chi connectivity index (χ0n) is 12.8. The molecule has 1 atom stereocenters. The van der Waals surface area contributed by atoms with E-state index in [9.17, 15) is 9.59 Å². The van der Waals surface area contributed by atoms with Gasteiger partial charge in [-0.05, 0) is 30.5 Å². The molecule has 0 fully saturated rings. The van der Waals surface area contributed by atoms with E-state index >= 15 is 0 Å². The minimum atomic E-state index is -0.169. The van der Waals surface area contributed by atoms with Gasteiger partial charge < -0.3 is 5.32 Å². The highest BCUT2D eigenvalue weighted by atomic mass is 35.5. The van der Waals surface area contributed by atoms with E-state index < -0.39 is 0 Å². The highest BCUT2D eigenvalue weighted by Gasteiger charge is 2.19. The molecule has 2 aromatic rings. The molecule has 1 heterocycles. The van der Waals surface area contributed by atoms with Crippen molar-refractivity contribution in [3.05, 3.63) is 55.6 Å². The van der Waals surface area contributed by atoms with E-state index in [4.69, 9.17) is 11.6 Å². The highest BCUT2D eigenvalue weighted by Crippen LogP contribution is 2.23. The van der Waals surface area contributed by atoms with E-state index in [0.29, 0.717) is 5.02 Å². The maximum absolute atomic E-state index is 12.3. The van der Waals surface area contributed by atoms with E-state index in [1.54, 1.807) is 5.38 Å². The number of halogens is 1. The van der Waals surface area contributed by atoms with Gasteiger partial charge in [0.25, 0.3) is 0 Å². The number of rotatable bonds is 5. The second-order valence-corrected chi connectivity index (χ2v) is 6.83. The van der Waals surface area contributed by atoms with E-state index in [-0.39, 0.29) is 29.3 Å². The molecule has 1 unspecified atom stereocenters. The third-order valence-electron chi connectivity index (χ3n) is 3.49. The molecule has 1 aromatic carbocycles. The van der Waals surface area contributed by atoms with Crippen molar-refractivity contribution >= 4 is 28.8 Å². The molecule has 0 radical (unpaired) electrons. The van der Waals surface area contributed by atoms with Crippen molar-refractivity contribution in [3.63, 3.8) is 0 Å². The monoisotopic (exact) mass is 338 g/mol. The van der Waals surface area contributed by atoms with Crippen molar-refractivity contribution in [2.24, 2.45) is 5.92 Å². The zero-order chi connectivity index (χ0) is 16.3. The van der Waals surface area contributed by atoms with Crippen LogP contribution in [0.5, 0.6) is 0 Å². The maximum atomic E-state index is 12.3. The van der Waals surface area contributed by atoms with Gasteiger partial charge in [0.2, 0.25) is 5.91 Å². The fourth-order valence-electron chi connectivity index (χ4n) is 2.26. The summed E-state index contributed by atoms with van der Waals surface area (Å²) in [5.41, 5.74) is 1.81. The van der Waals surface area contributed by atoms with E-state index in [1.165, 1.54) is 4.57 Å². The van der Waals surface area contributed by atoms with Crippen LogP contribution in [0.2, 0.25) is 5.02 Å². The maximum Gasteiger partial charge on any atom is 0.307 e. The summed E-state index contributed by atoms with van der Waals surface area (Å²) < 4.78 is 1.49. The van der Waals surface area contributed by atoms with Gasteiger partial charge in [0.15, 0.2) is 0 Å². The molecule has 0 saturated carbocycles. The first kappa shape index (κ1) is 16.8. The van der Waals surface area contributed by atoms with Crippen molar-refractivity contribution in [1.29, 1.82) is 0 Å². The highest BCUT2D eigenvalue weighted by molar-refractivity contribution is 7.07. The Kier molecular flexibility index (Phi) is 5.42. The summed E-state index contributed by atoms with van der Waals surface area (Å²) in [5, 5.41) is 5.43. The first-order chi connectivity index (χ1) is 10.4. The molecule has 0 aliphatic carbocycles. The average Bonchev–Trinajstić information content (AvgIpc) is 2.77. The number of nitrogens with one attached hydrogen (secondary N) is 1. The molecule has 4 nitrogen and oxygen atoms in total. The Balaban J connectivity index is 2.13. The average molecular weight is 339 g/mol. The predicted octanol–water partition coefficient (Wildman–Crippen LogP) is 3.39. The number of aromatic nitrogens is 1. The van der Waals surface area contributed by atoms with Gasteiger partial charge in [0, 0.05) is 16.1 Å². The Hall–Kier alpha value is -1.59. The summed E-state index contributed by atoms with van der Waals surface area (Å²) in [6.45, 7) is 5.96. The summed E-state index contributed by atoms with van der Waals surface area (Å²) in [7, 11) is 0. The van der Waals surface area contributed by atoms with Crippen LogP contribution in [-0.2, 0) is 11.3 Å². The van der Waals surface area contributed by atoms with Gasteiger partial charge in [-0.25, -0.2) is 0 Å². The van der Waals surface area contributed by atoms with Crippen LogP contribution in [0.4, 0.5) is 0 Å². The summed E-state index contributed by atoms with van der Waals surface area (Å²) in [6, 6.07) is 7.34. The molecule has 118 valence electrons. The Bertz CT molecular complexity index is 704. The number of amides is 1. The molecule has 0 saturated heterocycles. The third-order valence-corrected chi connectivity index (χ3v) is 4.62. The fourth-order valence-corrected chi connectivity index (χ4v) is 3.12. The number of carbonyl (C=O) groups is 1. The zero-order valence-corrected chi connectivity index (χ0v) is 14.4. The smallest absolute Gasteiger partial charge is 0.307 e. The van der Waals surface area contributed by atoms with E-state index in [1.807, 2.05) is 45.0 Å². The van der Waals surface area contributed by atoms with Gasteiger partial charge >= 0.3 is 4.87 Å². The van der Waals surface area contributed by atoms with Gasteiger partial charge in [0.1, 0.15) is 6.54 Å². The molecule has 0 aliphatic heterocycles. The molecule has 1 amide bonds. The van der Waals surface area contributed by atoms with Gasteiger partial charge in [0.05, 0.1) is 6.04 Å². The summed E-state index contributed by atoms with van der Waals surface area (Å²) in [6.07, 6.45) is 0. The van der Waals surface area contributed by atoms with Crippen molar-refractivity contribution < 1.29 is 4.79 Å². The van der Waals surface area contributed by atoms with Crippen molar-refractivity contribution in [2.45, 2.75) is 33.4 Å². The second kappa shape index (κ2) is 7.11. The normalized spacial score (nSPS) is 12.4. The molecule has 0 aliphatic rings. The molecular formula is C16H19ClN2O2S. The van der Waals surface area contributed by atoms with Crippen molar-refractivity contribution in [3.8, 4) is 0 Å². The standard InChI is InChI=1S/C16H19ClN2O2S/c1-10(2)15(12-4-6-13(17)7-5-12)18-14(20)8-19-11(3)9-22-16(19)21/h4-7,9-10,15H,8H2,1-3H3,(H,18,20). The topological polar surface area (TPSA) is 51.1 Å². The van der Waals surface area contributed by atoms with Gasteiger partial charge in [-0.1, -0.05) is 48.9 Å². The molecule has 1 N–H and O–H groups in total. The minimum absolute atomic E-state index is 0.0466. The first-order valence-corrected chi connectivity index (χ1v) is 8.34. The lowest BCUT2D eigenvalue weighted by molar-refractivity contribution is -0.122. The SMILES string of the molecule is Cc1csc(=O)n1CC(=O)NC(c1ccc(Cl)cc1)C(C)C. The number of nitrogens with zero attached hydrogens (tertiary/aromatic N) is 1. The molecular weight excluding hydrogens is 320 g/mol. The summed E-state index contributed by atoms with van der Waals surface area (Å²) in [5.74, 6) is 0.0580. The van der Waals surface area contributed by atoms with Gasteiger partial charge in [-0.2, -0.15) is 0 Å². The second-order valence-electron chi connectivity index (χ2n) is 5.57. The molecule has 2 rings (SSSR count). The fraction of sp³-hybridized carbons (Fsp3) is 0.375. The third kappa shape index (κ3) is 3.99. The van der Waals surface area contributed by atoms with Gasteiger partial charge in [-0.3, -0.25) is 14.2 Å². The number of aryl methyl sites for hydroxylation is 1. The Morgan fingerprint density at radius 1 is 1.32 bits per heavy atom. The van der Waals surface area contributed by atoms with Crippen LogP contribution in [-0.4, -0.2) is 10.5 Å².